The Bertz CT molecular complexity index is 686. The van der Waals surface area contributed by atoms with Crippen molar-refractivity contribution in [1.29, 1.82) is 0 Å². The van der Waals surface area contributed by atoms with Gasteiger partial charge in [-0.25, -0.2) is 4.39 Å². The molecule has 2 aromatic carbocycles. The smallest absolute Gasteiger partial charge is 0.226 e. The van der Waals surface area contributed by atoms with Gasteiger partial charge in [-0.15, -0.1) is 0 Å². The fourth-order valence-corrected chi connectivity index (χ4v) is 2.24. The van der Waals surface area contributed by atoms with Crippen LogP contribution in [0.2, 0.25) is 5.02 Å². The molecular weight excluding hydrogens is 315 g/mol. The lowest BCUT2D eigenvalue weighted by molar-refractivity contribution is -0.118. The molecule has 0 saturated heterocycles. The van der Waals surface area contributed by atoms with Crippen LogP contribution in [0, 0.1) is 11.7 Å². The quantitative estimate of drug-likeness (QED) is 0.784. The molecule has 0 aliphatic carbocycles. The molecule has 0 heterocycles. The van der Waals surface area contributed by atoms with Crippen LogP contribution in [-0.2, 0) is 4.79 Å². The number of nitrogens with one attached hydrogen (secondary N) is 2. The van der Waals surface area contributed by atoms with Crippen LogP contribution in [0.5, 0.6) is 0 Å². The molecule has 0 fully saturated rings. The van der Waals surface area contributed by atoms with Crippen molar-refractivity contribution in [3.05, 3.63) is 58.9 Å². The van der Waals surface area contributed by atoms with E-state index in [-0.39, 0.29) is 22.9 Å². The molecule has 0 saturated carbocycles. The second-order valence-electron chi connectivity index (χ2n) is 5.76. The summed E-state index contributed by atoms with van der Waals surface area (Å²) in [6, 6.07) is 12.1. The third-order valence-electron chi connectivity index (χ3n) is 3.50. The van der Waals surface area contributed by atoms with Gasteiger partial charge in [-0.05, 0) is 48.9 Å². The Labute approximate surface area is 140 Å². The van der Waals surface area contributed by atoms with Gasteiger partial charge >= 0.3 is 0 Å². The van der Waals surface area contributed by atoms with Crippen LogP contribution in [0.3, 0.4) is 0 Å². The van der Waals surface area contributed by atoms with Gasteiger partial charge < -0.3 is 10.6 Å². The van der Waals surface area contributed by atoms with Crippen molar-refractivity contribution in [1.82, 2.24) is 0 Å². The van der Waals surface area contributed by atoms with Crippen molar-refractivity contribution in [3.8, 4) is 0 Å². The van der Waals surface area contributed by atoms with E-state index in [4.69, 9.17) is 11.6 Å². The van der Waals surface area contributed by atoms with Gasteiger partial charge in [0.2, 0.25) is 5.91 Å². The Morgan fingerprint density at radius 1 is 1.04 bits per heavy atom. The second-order valence-corrected chi connectivity index (χ2v) is 6.17. The largest absolute Gasteiger partial charge is 0.379 e. The maximum Gasteiger partial charge on any atom is 0.226 e. The predicted molar refractivity (Wildman–Crippen MR) is 93.4 cm³/mol. The molecule has 0 aliphatic rings. The zero-order chi connectivity index (χ0) is 17.0. The van der Waals surface area contributed by atoms with E-state index in [0.717, 1.165) is 16.9 Å². The minimum absolute atomic E-state index is 0.0139. The molecule has 0 aromatic heterocycles. The summed E-state index contributed by atoms with van der Waals surface area (Å²) < 4.78 is 13.2. The van der Waals surface area contributed by atoms with Crippen molar-refractivity contribution < 1.29 is 9.18 Å². The average molecular weight is 335 g/mol. The van der Waals surface area contributed by atoms with Gasteiger partial charge in [0, 0.05) is 23.3 Å². The van der Waals surface area contributed by atoms with E-state index in [0.29, 0.717) is 0 Å². The highest BCUT2D eigenvalue weighted by Gasteiger charge is 2.09. The zero-order valence-corrected chi connectivity index (χ0v) is 14.1. The number of hydrogen-bond acceptors (Lipinski definition) is 2. The van der Waals surface area contributed by atoms with Gasteiger partial charge in [-0.2, -0.15) is 0 Å². The summed E-state index contributed by atoms with van der Waals surface area (Å²) in [5.74, 6) is -0.496. The van der Waals surface area contributed by atoms with Gasteiger partial charge in [0.15, 0.2) is 0 Å². The van der Waals surface area contributed by atoms with E-state index in [1.807, 2.05) is 45.0 Å². The highest BCUT2D eigenvalue weighted by molar-refractivity contribution is 6.30. The lowest BCUT2D eigenvalue weighted by Crippen LogP contribution is -2.17. The number of amides is 1. The van der Waals surface area contributed by atoms with Crippen molar-refractivity contribution in [2.45, 2.75) is 26.8 Å². The van der Waals surface area contributed by atoms with E-state index in [2.05, 4.69) is 10.6 Å². The molecule has 5 heteroatoms. The summed E-state index contributed by atoms with van der Waals surface area (Å²) >= 11 is 5.81. The van der Waals surface area contributed by atoms with Gasteiger partial charge in [0.05, 0.1) is 5.02 Å². The molecule has 2 rings (SSSR count). The fraction of sp³-hybridized carbons (Fsp3) is 0.278. The standard InChI is InChI=1S/C18H20ClFN2O/c1-11(2)18(23)22-15-7-5-14(6-8-15)21-12(3)13-4-9-17(20)16(19)10-13/h4-12,21H,1-3H3,(H,22,23). The van der Waals surface area contributed by atoms with Gasteiger partial charge in [-0.3, -0.25) is 4.79 Å². The number of halogens is 2. The first-order valence-electron chi connectivity index (χ1n) is 7.49. The minimum atomic E-state index is -0.423. The monoisotopic (exact) mass is 334 g/mol. The van der Waals surface area contributed by atoms with Crippen LogP contribution in [0.15, 0.2) is 42.5 Å². The van der Waals surface area contributed by atoms with E-state index in [1.165, 1.54) is 6.07 Å². The highest BCUT2D eigenvalue weighted by Crippen LogP contribution is 2.24. The molecular formula is C18H20ClFN2O. The van der Waals surface area contributed by atoms with Crippen LogP contribution < -0.4 is 10.6 Å². The summed E-state index contributed by atoms with van der Waals surface area (Å²) in [4.78, 5) is 11.6. The van der Waals surface area contributed by atoms with Gasteiger partial charge in [0.1, 0.15) is 5.82 Å². The molecule has 0 bridgehead atoms. The summed E-state index contributed by atoms with van der Waals surface area (Å²) in [6.07, 6.45) is 0. The van der Waals surface area contributed by atoms with Crippen molar-refractivity contribution >= 4 is 28.9 Å². The maximum absolute atomic E-state index is 13.2. The SMILES string of the molecule is CC(C)C(=O)Nc1ccc(NC(C)c2ccc(F)c(Cl)c2)cc1. The number of carbonyl (C=O) groups is 1. The number of benzene rings is 2. The van der Waals surface area contributed by atoms with Crippen LogP contribution in [-0.4, -0.2) is 5.91 Å². The topological polar surface area (TPSA) is 41.1 Å². The molecule has 1 unspecified atom stereocenters. The van der Waals surface area contributed by atoms with E-state index in [9.17, 15) is 9.18 Å². The Morgan fingerprint density at radius 2 is 1.65 bits per heavy atom. The fourth-order valence-electron chi connectivity index (χ4n) is 2.05. The lowest BCUT2D eigenvalue weighted by atomic mass is 10.1. The highest BCUT2D eigenvalue weighted by atomic mass is 35.5. The molecule has 122 valence electrons. The molecule has 23 heavy (non-hydrogen) atoms. The molecule has 2 N–H and O–H groups in total. The molecule has 0 spiro atoms. The first kappa shape index (κ1) is 17.3. The van der Waals surface area contributed by atoms with Crippen LogP contribution in [0.25, 0.3) is 0 Å². The summed E-state index contributed by atoms with van der Waals surface area (Å²) in [5.41, 5.74) is 2.56. The molecule has 0 radical (unpaired) electrons. The lowest BCUT2D eigenvalue weighted by Gasteiger charge is -2.17. The molecule has 1 atom stereocenters. The number of rotatable bonds is 5. The summed E-state index contributed by atoms with van der Waals surface area (Å²) in [6.45, 7) is 5.67. The molecule has 1 amide bonds. The van der Waals surface area contributed by atoms with Crippen LogP contribution in [0.4, 0.5) is 15.8 Å². The average Bonchev–Trinajstić information content (AvgIpc) is 2.51. The van der Waals surface area contributed by atoms with Crippen molar-refractivity contribution in [2.24, 2.45) is 5.92 Å². The number of hydrogen-bond donors (Lipinski definition) is 2. The normalized spacial score (nSPS) is 12.1. The second kappa shape index (κ2) is 7.47. The third-order valence-corrected chi connectivity index (χ3v) is 3.79. The maximum atomic E-state index is 13.2. The molecule has 3 nitrogen and oxygen atoms in total. The molecule has 0 aliphatic heterocycles. The van der Waals surface area contributed by atoms with Crippen molar-refractivity contribution in [2.75, 3.05) is 10.6 Å². The van der Waals surface area contributed by atoms with E-state index in [1.54, 1.807) is 12.1 Å². The number of anilines is 2. The third kappa shape index (κ3) is 4.70. The first-order chi connectivity index (χ1) is 10.9. The Kier molecular flexibility index (Phi) is 5.61. The Morgan fingerprint density at radius 3 is 2.22 bits per heavy atom. The first-order valence-corrected chi connectivity index (χ1v) is 7.87. The minimum Gasteiger partial charge on any atom is -0.379 e. The van der Waals surface area contributed by atoms with E-state index < -0.39 is 5.82 Å². The van der Waals surface area contributed by atoms with Gasteiger partial charge in [-0.1, -0.05) is 31.5 Å². The summed E-state index contributed by atoms with van der Waals surface area (Å²) in [5, 5.41) is 6.27. The number of carbonyl (C=O) groups excluding carboxylic acids is 1. The Balaban J connectivity index is 2.02. The van der Waals surface area contributed by atoms with Crippen LogP contribution in [0.1, 0.15) is 32.4 Å². The Hall–Kier alpha value is -2.07. The van der Waals surface area contributed by atoms with E-state index >= 15 is 0 Å². The van der Waals surface area contributed by atoms with Crippen LogP contribution >= 0.6 is 11.6 Å². The van der Waals surface area contributed by atoms with Gasteiger partial charge in [0.25, 0.3) is 0 Å². The molecule has 2 aromatic rings. The predicted octanol–water partition coefficient (Wildman–Crippen LogP) is 5.25. The zero-order valence-electron chi connectivity index (χ0n) is 13.4. The summed E-state index contributed by atoms with van der Waals surface area (Å²) in [7, 11) is 0. The van der Waals surface area contributed by atoms with Crippen molar-refractivity contribution in [3.63, 3.8) is 0 Å².